The van der Waals surface area contributed by atoms with Gasteiger partial charge in [-0.2, -0.15) is 0 Å². The number of ether oxygens (including phenoxy) is 1. The lowest BCUT2D eigenvalue weighted by Crippen LogP contribution is -2.49. The van der Waals surface area contributed by atoms with Crippen LogP contribution in [0.5, 0.6) is 5.75 Å². The minimum absolute atomic E-state index is 0.0328. The number of carbonyl (C=O) groups is 1. The third-order valence-corrected chi connectivity index (χ3v) is 4.36. The van der Waals surface area contributed by atoms with Gasteiger partial charge in [0.05, 0.1) is 0 Å². The molecule has 25 heavy (non-hydrogen) atoms. The highest BCUT2D eigenvalue weighted by atomic mass is 35.5. The number of aryl methyl sites for hydroxylation is 1. The van der Waals surface area contributed by atoms with E-state index in [1.165, 1.54) is 5.56 Å². The topological polar surface area (TPSA) is 38.3 Å². The lowest BCUT2D eigenvalue weighted by atomic mass is 10.0. The third kappa shape index (κ3) is 6.26. The molecule has 5 heteroatoms. The average Bonchev–Trinajstić information content (AvgIpc) is 2.54. The number of nitrogens with one attached hydrogen (secondary N) is 1. The van der Waals surface area contributed by atoms with Gasteiger partial charge in [0.2, 0.25) is 0 Å². The van der Waals surface area contributed by atoms with E-state index in [4.69, 9.17) is 27.9 Å². The number of benzene rings is 2. The summed E-state index contributed by atoms with van der Waals surface area (Å²) >= 11 is 11.8. The summed E-state index contributed by atoms with van der Waals surface area (Å²) in [5.74, 6) is 0.414. The van der Waals surface area contributed by atoms with E-state index in [-0.39, 0.29) is 11.9 Å². The molecular formula is C20H23Cl2NO2. The Balaban J connectivity index is 1.87. The summed E-state index contributed by atoms with van der Waals surface area (Å²) in [6, 6.07) is 14.8. The largest absolute Gasteiger partial charge is 0.478 e. The van der Waals surface area contributed by atoms with Crippen molar-refractivity contribution in [2.75, 3.05) is 0 Å². The number of carbonyl (C=O) groups excluding carboxylic acids is 1. The molecule has 0 spiro atoms. The van der Waals surface area contributed by atoms with Crippen LogP contribution in [0.4, 0.5) is 0 Å². The second-order valence-corrected chi connectivity index (χ2v) is 7.48. The van der Waals surface area contributed by atoms with Crippen LogP contribution in [0.15, 0.2) is 48.5 Å². The Hall–Kier alpha value is -1.71. The number of amides is 1. The molecule has 1 unspecified atom stereocenters. The van der Waals surface area contributed by atoms with Gasteiger partial charge in [0.25, 0.3) is 5.91 Å². The standard InChI is InChI=1S/C20H23Cl2NO2/c1-14(7-8-15-9-11-16(21)12-10-15)23-19(24)20(2,3)25-18-6-4-5-17(22)13-18/h4-6,9-14H,7-8H2,1-3H3,(H,23,24). The minimum Gasteiger partial charge on any atom is -0.478 e. The SMILES string of the molecule is CC(CCc1ccc(Cl)cc1)NC(=O)C(C)(C)Oc1cccc(Cl)c1. The van der Waals surface area contributed by atoms with Crippen molar-refractivity contribution < 1.29 is 9.53 Å². The van der Waals surface area contributed by atoms with Gasteiger partial charge >= 0.3 is 0 Å². The Morgan fingerprint density at radius 3 is 2.44 bits per heavy atom. The lowest BCUT2D eigenvalue weighted by Gasteiger charge is -2.27. The van der Waals surface area contributed by atoms with E-state index in [9.17, 15) is 4.79 Å². The van der Waals surface area contributed by atoms with Gasteiger partial charge in [0.15, 0.2) is 5.60 Å². The van der Waals surface area contributed by atoms with Crippen LogP contribution >= 0.6 is 23.2 Å². The molecule has 0 saturated heterocycles. The zero-order chi connectivity index (χ0) is 18.4. The maximum absolute atomic E-state index is 12.5. The molecule has 1 atom stereocenters. The van der Waals surface area contributed by atoms with Crippen LogP contribution in [-0.2, 0) is 11.2 Å². The molecule has 0 saturated carbocycles. The Morgan fingerprint density at radius 1 is 1.12 bits per heavy atom. The Morgan fingerprint density at radius 2 is 1.80 bits per heavy atom. The second-order valence-electron chi connectivity index (χ2n) is 6.61. The van der Waals surface area contributed by atoms with Crippen LogP contribution in [0.25, 0.3) is 0 Å². The van der Waals surface area contributed by atoms with Crippen LogP contribution < -0.4 is 10.1 Å². The van der Waals surface area contributed by atoms with Crippen molar-refractivity contribution in [3.63, 3.8) is 0 Å². The van der Waals surface area contributed by atoms with Gasteiger partial charge in [-0.3, -0.25) is 4.79 Å². The normalized spacial score (nSPS) is 12.5. The fraction of sp³-hybridized carbons (Fsp3) is 0.350. The Kier molecular flexibility index (Phi) is 6.74. The molecule has 0 aliphatic heterocycles. The maximum Gasteiger partial charge on any atom is 0.263 e. The van der Waals surface area contributed by atoms with Gasteiger partial charge in [-0.1, -0.05) is 41.4 Å². The number of rotatable bonds is 7. The van der Waals surface area contributed by atoms with Gasteiger partial charge in [-0.25, -0.2) is 0 Å². The van der Waals surface area contributed by atoms with E-state index in [1.54, 1.807) is 38.1 Å². The highest BCUT2D eigenvalue weighted by Gasteiger charge is 2.30. The first-order valence-electron chi connectivity index (χ1n) is 8.26. The van der Waals surface area contributed by atoms with Crippen molar-refractivity contribution in [2.45, 2.75) is 45.3 Å². The van der Waals surface area contributed by atoms with Gasteiger partial charge < -0.3 is 10.1 Å². The molecule has 2 aromatic rings. The summed E-state index contributed by atoms with van der Waals surface area (Å²) in [5.41, 5.74) is 0.207. The van der Waals surface area contributed by atoms with Crippen molar-refractivity contribution in [1.29, 1.82) is 0 Å². The molecule has 1 amide bonds. The Bertz CT molecular complexity index is 714. The molecule has 0 radical (unpaired) electrons. The molecule has 0 aromatic heterocycles. The monoisotopic (exact) mass is 379 g/mol. The summed E-state index contributed by atoms with van der Waals surface area (Å²) in [5, 5.41) is 4.31. The number of hydrogen-bond donors (Lipinski definition) is 1. The lowest BCUT2D eigenvalue weighted by molar-refractivity contribution is -0.134. The summed E-state index contributed by atoms with van der Waals surface area (Å²) in [6.07, 6.45) is 1.70. The van der Waals surface area contributed by atoms with Gasteiger partial charge in [0, 0.05) is 16.1 Å². The fourth-order valence-electron chi connectivity index (χ4n) is 2.38. The van der Waals surface area contributed by atoms with Crippen molar-refractivity contribution >= 4 is 29.1 Å². The molecule has 2 rings (SSSR count). The van der Waals surface area contributed by atoms with Crippen LogP contribution in [0.2, 0.25) is 10.0 Å². The van der Waals surface area contributed by atoms with Crippen LogP contribution in [0, 0.1) is 0 Å². The quantitative estimate of drug-likeness (QED) is 0.709. The highest BCUT2D eigenvalue weighted by molar-refractivity contribution is 6.30. The summed E-state index contributed by atoms with van der Waals surface area (Å²) in [6.45, 7) is 5.48. The first kappa shape index (κ1) is 19.6. The zero-order valence-corrected chi connectivity index (χ0v) is 16.2. The summed E-state index contributed by atoms with van der Waals surface area (Å²) in [7, 11) is 0. The summed E-state index contributed by atoms with van der Waals surface area (Å²) in [4.78, 5) is 12.5. The van der Waals surface area contributed by atoms with Crippen LogP contribution in [-0.4, -0.2) is 17.6 Å². The first-order valence-corrected chi connectivity index (χ1v) is 9.02. The number of halogens is 2. The van der Waals surface area contributed by atoms with Crippen LogP contribution in [0.1, 0.15) is 32.8 Å². The van der Waals surface area contributed by atoms with Crippen molar-refractivity contribution in [2.24, 2.45) is 0 Å². The van der Waals surface area contributed by atoms with Gasteiger partial charge in [0.1, 0.15) is 5.75 Å². The summed E-state index contributed by atoms with van der Waals surface area (Å²) < 4.78 is 5.81. The fourth-order valence-corrected chi connectivity index (χ4v) is 2.68. The maximum atomic E-state index is 12.5. The van der Waals surface area contributed by atoms with Gasteiger partial charge in [-0.15, -0.1) is 0 Å². The predicted octanol–water partition coefficient (Wildman–Crippen LogP) is 5.29. The van der Waals surface area contributed by atoms with Crippen molar-refractivity contribution in [3.05, 3.63) is 64.1 Å². The van der Waals surface area contributed by atoms with Crippen molar-refractivity contribution in [3.8, 4) is 5.75 Å². The van der Waals surface area contributed by atoms with Gasteiger partial charge in [-0.05, 0) is 69.5 Å². The van der Waals surface area contributed by atoms with E-state index in [1.807, 2.05) is 31.2 Å². The van der Waals surface area contributed by atoms with E-state index < -0.39 is 5.60 Å². The molecule has 0 bridgehead atoms. The third-order valence-electron chi connectivity index (χ3n) is 3.87. The molecule has 0 aliphatic rings. The molecule has 0 fully saturated rings. The predicted molar refractivity (Wildman–Crippen MR) is 104 cm³/mol. The zero-order valence-electron chi connectivity index (χ0n) is 14.7. The Labute approximate surface area is 159 Å². The molecule has 2 aromatic carbocycles. The second kappa shape index (κ2) is 8.59. The number of hydrogen-bond acceptors (Lipinski definition) is 2. The minimum atomic E-state index is -0.987. The molecule has 3 nitrogen and oxygen atoms in total. The molecule has 134 valence electrons. The molecule has 0 aliphatic carbocycles. The van der Waals surface area contributed by atoms with E-state index >= 15 is 0 Å². The van der Waals surface area contributed by atoms with E-state index in [0.717, 1.165) is 17.9 Å². The van der Waals surface area contributed by atoms with E-state index in [2.05, 4.69) is 5.32 Å². The first-order chi connectivity index (χ1) is 11.8. The molecule has 1 N–H and O–H groups in total. The van der Waals surface area contributed by atoms with E-state index in [0.29, 0.717) is 10.8 Å². The van der Waals surface area contributed by atoms with Crippen LogP contribution in [0.3, 0.4) is 0 Å². The van der Waals surface area contributed by atoms with Crippen molar-refractivity contribution in [1.82, 2.24) is 5.32 Å². The highest BCUT2D eigenvalue weighted by Crippen LogP contribution is 2.22. The molecular weight excluding hydrogens is 357 g/mol. The smallest absolute Gasteiger partial charge is 0.263 e. The average molecular weight is 380 g/mol. The molecule has 0 heterocycles.